The Kier molecular flexibility index (Phi) is 6.18. The van der Waals surface area contributed by atoms with Crippen molar-refractivity contribution in [2.45, 2.75) is 19.9 Å². The molecule has 0 spiro atoms. The van der Waals surface area contributed by atoms with Gasteiger partial charge < -0.3 is 9.47 Å². The normalized spacial score (nSPS) is 10.8. The molecule has 158 valence electrons. The fourth-order valence-corrected chi connectivity index (χ4v) is 4.45. The molecule has 1 heterocycles. The Morgan fingerprint density at radius 3 is 2.48 bits per heavy atom. The SMILES string of the molecule is COc1ccc2sc(N(Cc3ccccc3)C(=O)Cc3ccc(OC)c(C)c3)nc2c1. The molecule has 0 aliphatic carbocycles. The number of nitrogens with zero attached hydrogens (tertiary/aromatic N) is 2. The van der Waals surface area contributed by atoms with Gasteiger partial charge in [-0.25, -0.2) is 4.98 Å². The van der Waals surface area contributed by atoms with Crippen molar-refractivity contribution >= 4 is 32.6 Å². The topological polar surface area (TPSA) is 51.7 Å². The monoisotopic (exact) mass is 432 g/mol. The third kappa shape index (κ3) is 4.70. The van der Waals surface area contributed by atoms with Crippen molar-refractivity contribution in [3.63, 3.8) is 0 Å². The standard InChI is InChI=1S/C25H24N2O3S/c1-17-13-19(9-11-22(17)30-3)14-24(28)27(16-18-7-5-4-6-8-18)25-26-21-15-20(29-2)10-12-23(21)31-25/h4-13,15H,14,16H2,1-3H3. The second-order valence-corrected chi connectivity index (χ2v) is 8.29. The average Bonchev–Trinajstić information content (AvgIpc) is 3.21. The Labute approximate surface area is 185 Å². The number of aryl methyl sites for hydroxylation is 1. The molecular formula is C25H24N2O3S. The van der Waals surface area contributed by atoms with Crippen LogP contribution in [0.15, 0.2) is 66.7 Å². The number of carbonyl (C=O) groups excluding carboxylic acids is 1. The summed E-state index contributed by atoms with van der Waals surface area (Å²) >= 11 is 1.51. The van der Waals surface area contributed by atoms with E-state index in [2.05, 4.69) is 0 Å². The number of carbonyl (C=O) groups is 1. The Balaban J connectivity index is 1.67. The molecule has 31 heavy (non-hydrogen) atoms. The van der Waals surface area contributed by atoms with Crippen LogP contribution in [-0.2, 0) is 17.8 Å². The zero-order valence-electron chi connectivity index (χ0n) is 17.8. The van der Waals surface area contributed by atoms with Crippen LogP contribution in [0.1, 0.15) is 16.7 Å². The molecule has 4 rings (SSSR count). The van der Waals surface area contributed by atoms with E-state index in [0.717, 1.165) is 38.4 Å². The first-order valence-electron chi connectivity index (χ1n) is 10.00. The fraction of sp³-hybridized carbons (Fsp3) is 0.200. The first-order chi connectivity index (χ1) is 15.1. The molecule has 1 amide bonds. The molecule has 5 nitrogen and oxygen atoms in total. The fourth-order valence-electron chi connectivity index (χ4n) is 3.49. The molecule has 3 aromatic carbocycles. The Morgan fingerprint density at radius 2 is 1.77 bits per heavy atom. The molecule has 0 fully saturated rings. The molecule has 4 aromatic rings. The van der Waals surface area contributed by atoms with Gasteiger partial charge in [-0.3, -0.25) is 9.69 Å². The second kappa shape index (κ2) is 9.18. The van der Waals surface area contributed by atoms with Gasteiger partial charge in [-0.1, -0.05) is 53.8 Å². The van der Waals surface area contributed by atoms with Gasteiger partial charge in [0.05, 0.1) is 37.4 Å². The molecule has 0 aliphatic heterocycles. The summed E-state index contributed by atoms with van der Waals surface area (Å²) in [6.07, 6.45) is 0.289. The van der Waals surface area contributed by atoms with Crippen LogP contribution in [0.2, 0.25) is 0 Å². The lowest BCUT2D eigenvalue weighted by molar-refractivity contribution is -0.118. The number of benzene rings is 3. The van der Waals surface area contributed by atoms with Gasteiger partial charge in [0.1, 0.15) is 11.5 Å². The minimum absolute atomic E-state index is 0.000518. The number of amides is 1. The number of hydrogen-bond acceptors (Lipinski definition) is 5. The number of anilines is 1. The smallest absolute Gasteiger partial charge is 0.233 e. The van der Waals surface area contributed by atoms with Crippen molar-refractivity contribution < 1.29 is 14.3 Å². The molecule has 1 aromatic heterocycles. The lowest BCUT2D eigenvalue weighted by Crippen LogP contribution is -2.31. The molecule has 0 unspecified atom stereocenters. The number of hydrogen-bond donors (Lipinski definition) is 0. The summed E-state index contributed by atoms with van der Waals surface area (Å²) in [4.78, 5) is 19.9. The van der Waals surface area contributed by atoms with Gasteiger partial charge in [-0.15, -0.1) is 0 Å². The lowest BCUT2D eigenvalue weighted by Gasteiger charge is -2.20. The molecule has 0 atom stereocenters. The Hall–Kier alpha value is -3.38. The highest BCUT2D eigenvalue weighted by molar-refractivity contribution is 7.22. The third-order valence-corrected chi connectivity index (χ3v) is 6.17. The van der Waals surface area contributed by atoms with Crippen LogP contribution in [0.5, 0.6) is 11.5 Å². The third-order valence-electron chi connectivity index (χ3n) is 5.11. The number of methoxy groups -OCH3 is 2. The predicted molar refractivity (Wildman–Crippen MR) is 125 cm³/mol. The van der Waals surface area contributed by atoms with Crippen LogP contribution >= 0.6 is 11.3 Å². The molecule has 6 heteroatoms. The number of thiazole rings is 1. The lowest BCUT2D eigenvalue weighted by atomic mass is 10.1. The van der Waals surface area contributed by atoms with Crippen molar-refractivity contribution in [3.8, 4) is 11.5 Å². The van der Waals surface area contributed by atoms with Gasteiger partial charge in [0.25, 0.3) is 0 Å². The van der Waals surface area contributed by atoms with Gasteiger partial charge in [-0.2, -0.15) is 0 Å². The first-order valence-corrected chi connectivity index (χ1v) is 10.8. The second-order valence-electron chi connectivity index (χ2n) is 7.28. The van der Waals surface area contributed by atoms with E-state index in [9.17, 15) is 4.79 Å². The maximum atomic E-state index is 13.4. The van der Waals surface area contributed by atoms with E-state index in [1.165, 1.54) is 11.3 Å². The zero-order chi connectivity index (χ0) is 21.8. The largest absolute Gasteiger partial charge is 0.497 e. The molecule has 0 aliphatic rings. The Bertz CT molecular complexity index is 1200. The van der Waals surface area contributed by atoms with Crippen molar-refractivity contribution in [2.24, 2.45) is 0 Å². The van der Waals surface area contributed by atoms with E-state index in [1.54, 1.807) is 19.1 Å². The van der Waals surface area contributed by atoms with E-state index in [-0.39, 0.29) is 12.3 Å². The van der Waals surface area contributed by atoms with E-state index < -0.39 is 0 Å². The maximum absolute atomic E-state index is 13.4. The molecule has 0 N–H and O–H groups in total. The molecule has 0 bridgehead atoms. The van der Waals surface area contributed by atoms with Crippen LogP contribution in [0.4, 0.5) is 5.13 Å². The van der Waals surface area contributed by atoms with Crippen LogP contribution in [0, 0.1) is 6.92 Å². The van der Waals surface area contributed by atoms with Crippen molar-refractivity contribution in [1.29, 1.82) is 0 Å². The zero-order valence-corrected chi connectivity index (χ0v) is 18.6. The van der Waals surface area contributed by atoms with Gasteiger partial charge in [-0.05, 0) is 41.8 Å². The molecular weight excluding hydrogens is 408 g/mol. The number of ether oxygens (including phenoxy) is 2. The molecule has 0 saturated carbocycles. The first kappa shape index (κ1) is 20.9. The van der Waals surface area contributed by atoms with Gasteiger partial charge in [0, 0.05) is 6.07 Å². The summed E-state index contributed by atoms with van der Waals surface area (Å²) in [6.45, 7) is 2.45. The number of fused-ring (bicyclic) bond motifs is 1. The summed E-state index contributed by atoms with van der Waals surface area (Å²) in [5, 5.41) is 0.683. The summed E-state index contributed by atoms with van der Waals surface area (Å²) in [6, 6.07) is 21.6. The van der Waals surface area contributed by atoms with Crippen LogP contribution in [-0.4, -0.2) is 25.1 Å². The average molecular weight is 433 g/mol. The Morgan fingerprint density at radius 1 is 0.968 bits per heavy atom. The summed E-state index contributed by atoms with van der Waals surface area (Å²) in [7, 11) is 3.29. The number of rotatable bonds is 7. The van der Waals surface area contributed by atoms with Crippen LogP contribution in [0.3, 0.4) is 0 Å². The minimum Gasteiger partial charge on any atom is -0.497 e. The van der Waals surface area contributed by atoms with Crippen molar-refractivity contribution in [1.82, 2.24) is 4.98 Å². The summed E-state index contributed by atoms with van der Waals surface area (Å²) < 4.78 is 11.7. The molecule has 0 saturated heterocycles. The predicted octanol–water partition coefficient (Wildman–Crippen LogP) is 5.40. The van der Waals surface area contributed by atoms with Crippen LogP contribution in [0.25, 0.3) is 10.2 Å². The highest BCUT2D eigenvalue weighted by Crippen LogP contribution is 2.32. The quantitative estimate of drug-likeness (QED) is 0.392. The van der Waals surface area contributed by atoms with Crippen LogP contribution < -0.4 is 14.4 Å². The maximum Gasteiger partial charge on any atom is 0.233 e. The van der Waals surface area contributed by atoms with Gasteiger partial charge in [0.2, 0.25) is 5.91 Å². The van der Waals surface area contributed by atoms with E-state index in [4.69, 9.17) is 14.5 Å². The van der Waals surface area contributed by atoms with E-state index >= 15 is 0 Å². The highest BCUT2D eigenvalue weighted by Gasteiger charge is 2.21. The van der Waals surface area contributed by atoms with E-state index in [0.29, 0.717) is 11.7 Å². The van der Waals surface area contributed by atoms with Gasteiger partial charge in [0.15, 0.2) is 5.13 Å². The number of aromatic nitrogens is 1. The summed E-state index contributed by atoms with van der Waals surface area (Å²) in [5.74, 6) is 1.57. The van der Waals surface area contributed by atoms with Crippen molar-refractivity contribution in [2.75, 3.05) is 19.1 Å². The van der Waals surface area contributed by atoms with E-state index in [1.807, 2.05) is 73.7 Å². The van der Waals surface area contributed by atoms with Crippen molar-refractivity contribution in [3.05, 3.63) is 83.4 Å². The molecule has 0 radical (unpaired) electrons. The minimum atomic E-state index is -0.000518. The highest BCUT2D eigenvalue weighted by atomic mass is 32.1. The summed E-state index contributed by atoms with van der Waals surface area (Å²) in [5.41, 5.74) is 3.84. The van der Waals surface area contributed by atoms with Gasteiger partial charge >= 0.3 is 0 Å².